The van der Waals surface area contributed by atoms with E-state index in [2.05, 4.69) is 55.6 Å². The predicted molar refractivity (Wildman–Crippen MR) is 84.0 cm³/mol. The van der Waals surface area contributed by atoms with E-state index in [0.29, 0.717) is 6.04 Å². The number of aryl methyl sites for hydroxylation is 1. The van der Waals surface area contributed by atoms with Crippen molar-refractivity contribution in [3.05, 3.63) is 65.2 Å². The molecule has 1 atom stereocenters. The molecule has 0 aromatic heterocycles. The van der Waals surface area contributed by atoms with Gasteiger partial charge in [0.2, 0.25) is 0 Å². The maximum Gasteiger partial charge on any atom is 0.123 e. The molecule has 20 heavy (non-hydrogen) atoms. The summed E-state index contributed by atoms with van der Waals surface area (Å²) >= 11 is 0. The Bertz CT molecular complexity index is 551. The van der Waals surface area contributed by atoms with E-state index in [9.17, 15) is 0 Å². The minimum Gasteiger partial charge on any atom is -0.496 e. The molecule has 2 nitrogen and oxygen atoms in total. The van der Waals surface area contributed by atoms with E-state index < -0.39 is 0 Å². The van der Waals surface area contributed by atoms with E-state index in [4.69, 9.17) is 4.74 Å². The van der Waals surface area contributed by atoms with Crippen molar-refractivity contribution >= 4 is 0 Å². The number of hydrogen-bond donors (Lipinski definition) is 1. The van der Waals surface area contributed by atoms with Crippen molar-refractivity contribution in [2.75, 3.05) is 7.11 Å². The Morgan fingerprint density at radius 1 is 1.10 bits per heavy atom. The monoisotopic (exact) mass is 269 g/mol. The Hall–Kier alpha value is -1.80. The minimum atomic E-state index is 0.312. The first kappa shape index (κ1) is 14.6. The number of ether oxygens (including phenoxy) is 1. The third kappa shape index (κ3) is 3.61. The Balaban J connectivity index is 2.09. The molecule has 0 saturated heterocycles. The second-order valence-electron chi connectivity index (χ2n) is 5.07. The van der Waals surface area contributed by atoms with Crippen LogP contribution in [0.15, 0.2) is 48.5 Å². The molecule has 2 aromatic rings. The number of nitrogens with one attached hydrogen (secondary N) is 1. The highest BCUT2D eigenvalue weighted by atomic mass is 16.5. The number of para-hydroxylation sites is 1. The summed E-state index contributed by atoms with van der Waals surface area (Å²) in [6.07, 6.45) is 1.03. The molecule has 106 valence electrons. The largest absolute Gasteiger partial charge is 0.496 e. The third-order valence-electron chi connectivity index (χ3n) is 3.56. The lowest BCUT2D eigenvalue weighted by atomic mass is 10.0. The summed E-state index contributed by atoms with van der Waals surface area (Å²) in [6.45, 7) is 5.19. The van der Waals surface area contributed by atoms with Crippen LogP contribution in [0.2, 0.25) is 0 Å². The Morgan fingerprint density at radius 2 is 1.90 bits per heavy atom. The van der Waals surface area contributed by atoms with Gasteiger partial charge in [0.05, 0.1) is 7.11 Å². The van der Waals surface area contributed by atoms with Crippen molar-refractivity contribution in [2.45, 2.75) is 32.9 Å². The van der Waals surface area contributed by atoms with Crippen LogP contribution in [0, 0.1) is 6.92 Å². The first-order valence-corrected chi connectivity index (χ1v) is 7.16. The zero-order valence-corrected chi connectivity index (χ0v) is 12.5. The lowest BCUT2D eigenvalue weighted by Gasteiger charge is -2.20. The topological polar surface area (TPSA) is 21.3 Å². The van der Waals surface area contributed by atoms with Crippen LogP contribution >= 0.6 is 0 Å². The van der Waals surface area contributed by atoms with Crippen LogP contribution < -0.4 is 10.1 Å². The van der Waals surface area contributed by atoms with Crippen LogP contribution in [0.25, 0.3) is 0 Å². The number of rotatable bonds is 6. The molecule has 0 aliphatic rings. The fraction of sp³-hybridized carbons (Fsp3) is 0.333. The van der Waals surface area contributed by atoms with Crippen LogP contribution in [0.1, 0.15) is 36.1 Å². The first-order valence-electron chi connectivity index (χ1n) is 7.16. The molecule has 0 saturated carbocycles. The SMILES string of the molecule is CCC(NCc1cccc(C)c1)c1ccccc1OC. The van der Waals surface area contributed by atoms with Crippen molar-refractivity contribution in [3.8, 4) is 5.75 Å². The molecule has 2 heteroatoms. The molecule has 1 N–H and O–H groups in total. The molecular weight excluding hydrogens is 246 g/mol. The van der Waals surface area contributed by atoms with Gasteiger partial charge in [0.1, 0.15) is 5.75 Å². The summed E-state index contributed by atoms with van der Waals surface area (Å²) < 4.78 is 5.46. The van der Waals surface area contributed by atoms with E-state index in [-0.39, 0.29) is 0 Å². The fourth-order valence-electron chi connectivity index (χ4n) is 2.49. The van der Waals surface area contributed by atoms with E-state index in [0.717, 1.165) is 18.7 Å². The van der Waals surface area contributed by atoms with Crippen molar-refractivity contribution in [2.24, 2.45) is 0 Å². The van der Waals surface area contributed by atoms with Crippen LogP contribution in [0.4, 0.5) is 0 Å². The average molecular weight is 269 g/mol. The van der Waals surface area contributed by atoms with E-state index >= 15 is 0 Å². The third-order valence-corrected chi connectivity index (χ3v) is 3.56. The van der Waals surface area contributed by atoms with Gasteiger partial charge in [-0.05, 0) is 25.0 Å². The number of methoxy groups -OCH3 is 1. The average Bonchev–Trinajstić information content (AvgIpc) is 2.48. The normalized spacial score (nSPS) is 12.2. The van der Waals surface area contributed by atoms with Crippen molar-refractivity contribution in [3.63, 3.8) is 0 Å². The molecule has 0 bridgehead atoms. The molecule has 0 amide bonds. The standard InChI is InChI=1S/C18H23NO/c1-4-17(16-10-5-6-11-18(16)20-3)19-13-15-9-7-8-14(2)12-15/h5-12,17,19H,4,13H2,1-3H3. The van der Waals surface area contributed by atoms with Crippen LogP contribution in [0.3, 0.4) is 0 Å². The van der Waals surface area contributed by atoms with Crippen LogP contribution in [-0.2, 0) is 6.54 Å². The van der Waals surface area contributed by atoms with Gasteiger partial charge in [0.25, 0.3) is 0 Å². The van der Waals surface area contributed by atoms with Gasteiger partial charge in [-0.15, -0.1) is 0 Å². The first-order chi connectivity index (χ1) is 9.74. The quantitative estimate of drug-likeness (QED) is 0.846. The van der Waals surface area contributed by atoms with Gasteiger partial charge in [-0.3, -0.25) is 0 Å². The molecule has 0 fully saturated rings. The van der Waals surface area contributed by atoms with Crippen LogP contribution in [-0.4, -0.2) is 7.11 Å². The van der Waals surface area contributed by atoms with Crippen molar-refractivity contribution in [1.29, 1.82) is 0 Å². The molecule has 0 radical (unpaired) electrons. The van der Waals surface area contributed by atoms with Crippen molar-refractivity contribution < 1.29 is 4.74 Å². The maximum absolute atomic E-state index is 5.46. The molecule has 0 heterocycles. The number of hydrogen-bond acceptors (Lipinski definition) is 2. The molecule has 0 aliphatic carbocycles. The lowest BCUT2D eigenvalue weighted by molar-refractivity contribution is 0.396. The van der Waals surface area contributed by atoms with E-state index in [1.807, 2.05) is 12.1 Å². The molecule has 1 unspecified atom stereocenters. The molecular formula is C18H23NO. The summed E-state index contributed by atoms with van der Waals surface area (Å²) in [5.41, 5.74) is 3.85. The lowest BCUT2D eigenvalue weighted by Crippen LogP contribution is -2.20. The predicted octanol–water partition coefficient (Wildman–Crippen LogP) is 4.24. The molecule has 0 spiro atoms. The van der Waals surface area contributed by atoms with Gasteiger partial charge in [-0.25, -0.2) is 0 Å². The maximum atomic E-state index is 5.46. The summed E-state index contributed by atoms with van der Waals surface area (Å²) in [4.78, 5) is 0. The van der Waals surface area contributed by atoms with Gasteiger partial charge in [-0.2, -0.15) is 0 Å². The van der Waals surface area contributed by atoms with E-state index in [1.165, 1.54) is 16.7 Å². The zero-order valence-electron chi connectivity index (χ0n) is 12.5. The van der Waals surface area contributed by atoms with Gasteiger partial charge >= 0.3 is 0 Å². The Labute approximate surface area is 121 Å². The summed E-state index contributed by atoms with van der Waals surface area (Å²) in [7, 11) is 1.73. The second kappa shape index (κ2) is 7.11. The highest BCUT2D eigenvalue weighted by Gasteiger charge is 2.13. The van der Waals surface area contributed by atoms with Crippen LogP contribution in [0.5, 0.6) is 5.75 Å². The Kier molecular flexibility index (Phi) is 5.19. The highest BCUT2D eigenvalue weighted by molar-refractivity contribution is 5.36. The number of benzene rings is 2. The van der Waals surface area contributed by atoms with Gasteiger partial charge < -0.3 is 10.1 Å². The van der Waals surface area contributed by atoms with Crippen molar-refractivity contribution in [1.82, 2.24) is 5.32 Å². The highest BCUT2D eigenvalue weighted by Crippen LogP contribution is 2.27. The summed E-state index contributed by atoms with van der Waals surface area (Å²) in [5.74, 6) is 0.955. The van der Waals surface area contributed by atoms with E-state index in [1.54, 1.807) is 7.11 Å². The molecule has 0 aliphatic heterocycles. The fourth-order valence-corrected chi connectivity index (χ4v) is 2.49. The minimum absolute atomic E-state index is 0.312. The zero-order chi connectivity index (χ0) is 14.4. The summed E-state index contributed by atoms with van der Waals surface area (Å²) in [6, 6.07) is 17.2. The molecule has 2 aromatic carbocycles. The van der Waals surface area contributed by atoms with Gasteiger partial charge in [0.15, 0.2) is 0 Å². The van der Waals surface area contributed by atoms with Gasteiger partial charge in [0, 0.05) is 18.2 Å². The molecule has 2 rings (SSSR count). The van der Waals surface area contributed by atoms with Gasteiger partial charge in [-0.1, -0.05) is 55.0 Å². The smallest absolute Gasteiger partial charge is 0.123 e. The summed E-state index contributed by atoms with van der Waals surface area (Å²) in [5, 5.41) is 3.62. The second-order valence-corrected chi connectivity index (χ2v) is 5.07. The Morgan fingerprint density at radius 3 is 2.60 bits per heavy atom.